The van der Waals surface area contributed by atoms with Crippen LogP contribution in [0.2, 0.25) is 0 Å². The van der Waals surface area contributed by atoms with E-state index in [1.165, 1.54) is 17.0 Å². The molecule has 34 heavy (non-hydrogen) atoms. The van der Waals surface area contributed by atoms with Gasteiger partial charge in [0.1, 0.15) is 20.4 Å². The second-order valence-corrected chi connectivity index (χ2v) is 10.3. The maximum absolute atomic E-state index is 13.5. The fraction of sp³-hybridized carbons (Fsp3) is 0.0870. The van der Waals surface area contributed by atoms with Crippen LogP contribution in [0.4, 0.5) is 5.82 Å². The highest BCUT2D eigenvalue weighted by atomic mass is 32.2. The molecule has 0 fully saturated rings. The average molecular weight is 494 g/mol. The van der Waals surface area contributed by atoms with Crippen molar-refractivity contribution in [1.29, 1.82) is 0 Å². The number of benzene rings is 2. The zero-order chi connectivity index (χ0) is 23.9. The molecule has 0 aliphatic rings. The highest BCUT2D eigenvalue weighted by molar-refractivity contribution is 7.93. The van der Waals surface area contributed by atoms with Crippen molar-refractivity contribution in [3.63, 3.8) is 0 Å². The van der Waals surface area contributed by atoms with Crippen LogP contribution in [0.1, 0.15) is 5.56 Å². The number of sulfone groups is 1. The van der Waals surface area contributed by atoms with E-state index in [1.54, 1.807) is 56.0 Å². The molecule has 2 aromatic carbocycles. The van der Waals surface area contributed by atoms with E-state index < -0.39 is 9.84 Å². The fourth-order valence-corrected chi connectivity index (χ4v) is 6.16. The Morgan fingerprint density at radius 1 is 1.00 bits per heavy atom. The normalized spacial score (nSPS) is 12.1. The van der Waals surface area contributed by atoms with Gasteiger partial charge in [-0.25, -0.2) is 18.4 Å². The molecule has 0 aliphatic carbocycles. The van der Waals surface area contributed by atoms with Gasteiger partial charge in [0, 0.05) is 0 Å². The lowest BCUT2D eigenvalue weighted by Gasteiger charge is -2.07. The van der Waals surface area contributed by atoms with E-state index in [2.05, 4.69) is 15.1 Å². The smallest absolute Gasteiger partial charge is 0.221 e. The van der Waals surface area contributed by atoms with Gasteiger partial charge in [0.05, 0.1) is 31.5 Å². The number of ether oxygens (including phenoxy) is 2. The highest BCUT2D eigenvalue weighted by Gasteiger charge is 2.31. The first kappa shape index (κ1) is 21.9. The third-order valence-electron chi connectivity index (χ3n) is 5.19. The molecule has 5 aromatic rings. The van der Waals surface area contributed by atoms with Gasteiger partial charge in [0.15, 0.2) is 17.1 Å². The molecule has 2 N–H and O–H groups in total. The Hall–Kier alpha value is -3.96. The Bertz CT molecular complexity index is 1660. The summed E-state index contributed by atoms with van der Waals surface area (Å²) in [5.74, 6) is 1.03. The largest absolute Gasteiger partial charge is 0.493 e. The third kappa shape index (κ3) is 3.55. The van der Waals surface area contributed by atoms with Crippen LogP contribution in [0.25, 0.3) is 22.2 Å². The summed E-state index contributed by atoms with van der Waals surface area (Å²) in [7, 11) is -0.851. The first-order valence-electron chi connectivity index (χ1n) is 10.1. The van der Waals surface area contributed by atoms with Crippen LogP contribution < -0.4 is 15.2 Å². The summed E-state index contributed by atoms with van der Waals surface area (Å²) in [6.45, 7) is 0. The number of nitrogens with two attached hydrogens (primary N) is 1. The number of nitrogen functional groups attached to an aromatic ring is 1. The molecule has 0 saturated carbocycles. The van der Waals surface area contributed by atoms with Crippen molar-refractivity contribution in [3.8, 4) is 11.5 Å². The summed E-state index contributed by atoms with van der Waals surface area (Å²) in [4.78, 5) is 9.10. The quantitative estimate of drug-likeness (QED) is 0.355. The molecule has 0 amide bonds. The highest BCUT2D eigenvalue weighted by Crippen LogP contribution is 2.36. The number of hydrogen-bond acceptors (Lipinski definition) is 9. The Morgan fingerprint density at radius 3 is 2.41 bits per heavy atom. The van der Waals surface area contributed by atoms with Gasteiger partial charge in [-0.3, -0.25) is 0 Å². The molecule has 0 atom stereocenters. The number of hydrogen-bond donors (Lipinski definition) is 1. The maximum atomic E-state index is 13.5. The number of rotatable bonds is 6. The average Bonchev–Trinajstić information content (AvgIpc) is 3.48. The first-order chi connectivity index (χ1) is 16.4. The zero-order valence-electron chi connectivity index (χ0n) is 18.2. The van der Waals surface area contributed by atoms with Gasteiger partial charge < -0.3 is 15.2 Å². The van der Waals surface area contributed by atoms with E-state index in [0.717, 1.165) is 11.3 Å². The first-order valence-corrected chi connectivity index (χ1v) is 12.4. The van der Waals surface area contributed by atoms with Gasteiger partial charge in [0.25, 0.3) is 0 Å². The Morgan fingerprint density at radius 2 is 1.74 bits per heavy atom. The van der Waals surface area contributed by atoms with Crippen LogP contribution in [-0.4, -0.2) is 43.5 Å². The van der Waals surface area contributed by atoms with Gasteiger partial charge in [-0.15, -0.1) is 11.3 Å². The second kappa shape index (κ2) is 8.43. The van der Waals surface area contributed by atoms with E-state index in [9.17, 15) is 8.42 Å². The maximum Gasteiger partial charge on any atom is 0.221 e. The predicted octanol–water partition coefficient (Wildman–Crippen LogP) is 3.96. The van der Waals surface area contributed by atoms with Crippen LogP contribution in [0, 0.1) is 0 Å². The lowest BCUT2D eigenvalue weighted by molar-refractivity contribution is 0.355. The molecule has 5 rings (SSSR count). The van der Waals surface area contributed by atoms with Crippen LogP contribution in [-0.2, 0) is 9.84 Å². The van der Waals surface area contributed by atoms with Crippen LogP contribution in [0.3, 0.4) is 0 Å². The summed E-state index contributed by atoms with van der Waals surface area (Å²) >= 11 is 1.11. The molecule has 0 bridgehead atoms. The molecule has 0 unspecified atom stereocenters. The van der Waals surface area contributed by atoms with Crippen molar-refractivity contribution >= 4 is 55.4 Å². The van der Waals surface area contributed by atoms with Crippen molar-refractivity contribution in [3.05, 3.63) is 65.5 Å². The number of aromatic nitrogens is 3. The molecule has 9 nitrogen and oxygen atoms in total. The number of para-hydroxylation sites is 2. The number of thiophene rings is 1. The SMILES string of the molecule is COc1ccc(C=Nn2c(N)c(S(=O)(=O)c3cccs3)c3nc4ccccc4nc32)cc1OC. The summed E-state index contributed by atoms with van der Waals surface area (Å²) < 4.78 is 39.0. The molecule has 0 spiro atoms. The summed E-state index contributed by atoms with van der Waals surface area (Å²) in [5, 5.41) is 6.16. The number of anilines is 1. The molecular formula is C23H19N5O4S2. The number of methoxy groups -OCH3 is 2. The third-order valence-corrected chi connectivity index (χ3v) is 8.40. The van der Waals surface area contributed by atoms with Crippen LogP contribution in [0.5, 0.6) is 11.5 Å². The Labute approximate surface area is 199 Å². The second-order valence-electron chi connectivity index (χ2n) is 7.21. The van der Waals surface area contributed by atoms with Crippen LogP contribution >= 0.6 is 11.3 Å². The summed E-state index contributed by atoms with van der Waals surface area (Å²) in [6, 6.07) is 15.7. The van der Waals surface area contributed by atoms with Crippen molar-refractivity contribution in [2.24, 2.45) is 5.10 Å². The Kier molecular flexibility index (Phi) is 5.42. The minimum absolute atomic E-state index is 0.0737. The van der Waals surface area contributed by atoms with Crippen molar-refractivity contribution < 1.29 is 17.9 Å². The standard InChI is InChI=1S/C23H19N5O4S2/c1-31-17-10-9-14(12-18(17)32-2)13-25-28-22(24)21(34(29,30)19-8-5-11-33-19)20-23(28)27-16-7-4-3-6-15(16)26-20/h3-13H,24H2,1-2H3. The summed E-state index contributed by atoms with van der Waals surface area (Å²) in [5.41, 5.74) is 8.62. The lowest BCUT2D eigenvalue weighted by atomic mass is 10.2. The monoisotopic (exact) mass is 493 g/mol. The zero-order valence-corrected chi connectivity index (χ0v) is 19.8. The molecule has 0 aliphatic heterocycles. The van der Waals surface area contributed by atoms with E-state index in [4.69, 9.17) is 15.2 Å². The van der Waals surface area contributed by atoms with Crippen molar-refractivity contribution in [2.45, 2.75) is 9.10 Å². The lowest BCUT2D eigenvalue weighted by Crippen LogP contribution is -2.05. The minimum Gasteiger partial charge on any atom is -0.493 e. The van der Waals surface area contributed by atoms with Gasteiger partial charge >= 0.3 is 0 Å². The topological polar surface area (TPSA) is 122 Å². The summed E-state index contributed by atoms with van der Waals surface area (Å²) in [6.07, 6.45) is 1.54. The molecule has 172 valence electrons. The fourth-order valence-electron chi connectivity index (χ4n) is 3.58. The van der Waals surface area contributed by atoms with Crippen LogP contribution in [0.15, 0.2) is 74.2 Å². The molecule has 3 aromatic heterocycles. The molecule has 0 radical (unpaired) electrons. The van der Waals surface area contributed by atoms with Gasteiger partial charge in [0.2, 0.25) is 9.84 Å². The molecule has 0 saturated heterocycles. The Balaban J connectivity index is 1.74. The van der Waals surface area contributed by atoms with E-state index in [-0.39, 0.29) is 26.1 Å². The van der Waals surface area contributed by atoms with Gasteiger partial charge in [-0.05, 0) is 47.3 Å². The van der Waals surface area contributed by atoms with Gasteiger partial charge in [-0.2, -0.15) is 9.78 Å². The van der Waals surface area contributed by atoms with Crippen molar-refractivity contribution in [2.75, 3.05) is 20.0 Å². The molecule has 3 heterocycles. The van der Waals surface area contributed by atoms with Crippen molar-refractivity contribution in [1.82, 2.24) is 14.6 Å². The number of nitrogens with zero attached hydrogens (tertiary/aromatic N) is 4. The minimum atomic E-state index is -3.94. The number of fused-ring (bicyclic) bond motifs is 2. The van der Waals surface area contributed by atoms with E-state index in [0.29, 0.717) is 28.1 Å². The van der Waals surface area contributed by atoms with E-state index in [1.807, 2.05) is 12.1 Å². The predicted molar refractivity (Wildman–Crippen MR) is 132 cm³/mol. The van der Waals surface area contributed by atoms with E-state index >= 15 is 0 Å². The molecular weight excluding hydrogens is 474 g/mol. The van der Waals surface area contributed by atoms with Gasteiger partial charge in [-0.1, -0.05) is 18.2 Å². The molecule has 11 heteroatoms.